The number of aromatic nitrogens is 2. The topological polar surface area (TPSA) is 64.6 Å². The maximum Gasteiger partial charge on any atom is 0.416 e. The Labute approximate surface area is 144 Å². The Morgan fingerprint density at radius 1 is 1.17 bits per heavy atom. The molecule has 6 nitrogen and oxygen atoms in total. The van der Waals surface area contributed by atoms with Crippen LogP contribution in [-0.2, 0) is 9.47 Å². The van der Waals surface area contributed by atoms with Gasteiger partial charge in [-0.25, -0.2) is 19.7 Å². The quantitative estimate of drug-likeness (QED) is 0.781. The number of benzene rings is 1. The van der Waals surface area contributed by atoms with Crippen LogP contribution >= 0.6 is 11.6 Å². The average Bonchev–Trinajstić information content (AvgIpc) is 2.88. The second-order valence-electron chi connectivity index (χ2n) is 5.91. The van der Waals surface area contributed by atoms with Crippen molar-refractivity contribution < 1.29 is 14.3 Å². The van der Waals surface area contributed by atoms with Crippen molar-refractivity contribution in [1.29, 1.82) is 0 Å². The molecular formula is C17H16ClN3O3. The van der Waals surface area contributed by atoms with Crippen molar-refractivity contribution in [2.45, 2.75) is 24.5 Å². The maximum absolute atomic E-state index is 12.7. The maximum atomic E-state index is 12.7. The number of nitrogens with zero attached hydrogens (tertiary/aromatic N) is 3. The number of anilines is 1. The number of ether oxygens (including phenoxy) is 2. The molecule has 1 amide bonds. The predicted molar refractivity (Wildman–Crippen MR) is 88.0 cm³/mol. The molecule has 2 aliphatic heterocycles. The van der Waals surface area contributed by atoms with Crippen molar-refractivity contribution in [3.8, 4) is 0 Å². The molecule has 0 saturated carbocycles. The zero-order valence-electron chi connectivity index (χ0n) is 12.9. The number of hydrogen-bond acceptors (Lipinski definition) is 5. The van der Waals surface area contributed by atoms with E-state index in [0.717, 1.165) is 5.56 Å². The van der Waals surface area contributed by atoms with Crippen molar-refractivity contribution in [3.05, 3.63) is 53.4 Å². The Bertz CT molecular complexity index is 750. The lowest BCUT2D eigenvalue weighted by atomic mass is 9.82. The largest absolute Gasteiger partial charge is 0.440 e. The smallest absolute Gasteiger partial charge is 0.416 e. The second-order valence-corrected chi connectivity index (χ2v) is 6.25. The van der Waals surface area contributed by atoms with Crippen molar-refractivity contribution in [2.24, 2.45) is 0 Å². The summed E-state index contributed by atoms with van der Waals surface area (Å²) in [6.45, 7) is 1.13. The summed E-state index contributed by atoms with van der Waals surface area (Å²) in [6.07, 6.45) is 2.41. The molecule has 1 aromatic heterocycles. The molecule has 0 radical (unpaired) electrons. The summed E-state index contributed by atoms with van der Waals surface area (Å²) in [5, 5.41) is 0.0973. The van der Waals surface area contributed by atoms with E-state index in [-0.39, 0.29) is 11.3 Å². The van der Waals surface area contributed by atoms with E-state index in [1.54, 1.807) is 11.0 Å². The SMILES string of the molecule is O=C1OC2(CCOCC2)[C@H](c2ccccc2)N1c1ccnc(Cl)n1. The van der Waals surface area contributed by atoms with Gasteiger partial charge in [0.15, 0.2) is 0 Å². The number of hydrogen-bond donors (Lipinski definition) is 0. The molecule has 0 N–H and O–H groups in total. The zero-order chi connectivity index (χ0) is 16.6. The fraction of sp³-hybridized carbons (Fsp3) is 0.353. The number of carbonyl (C=O) groups excluding carboxylic acids is 1. The van der Waals surface area contributed by atoms with E-state index >= 15 is 0 Å². The van der Waals surface area contributed by atoms with Gasteiger partial charge in [0.1, 0.15) is 17.5 Å². The van der Waals surface area contributed by atoms with Crippen LogP contribution in [0, 0.1) is 0 Å². The molecule has 2 saturated heterocycles. The summed E-state index contributed by atoms with van der Waals surface area (Å²) in [7, 11) is 0. The summed E-state index contributed by atoms with van der Waals surface area (Å²) < 4.78 is 11.3. The Balaban J connectivity index is 1.83. The van der Waals surface area contributed by atoms with Gasteiger partial charge in [-0.2, -0.15) is 0 Å². The van der Waals surface area contributed by atoms with Gasteiger partial charge in [0.2, 0.25) is 5.28 Å². The van der Waals surface area contributed by atoms with Crippen LogP contribution in [0.25, 0.3) is 0 Å². The van der Waals surface area contributed by atoms with Crippen molar-refractivity contribution in [1.82, 2.24) is 9.97 Å². The van der Waals surface area contributed by atoms with Gasteiger partial charge in [-0.3, -0.25) is 0 Å². The summed E-state index contributed by atoms with van der Waals surface area (Å²) in [5.74, 6) is 0.442. The normalized spacial score (nSPS) is 22.6. The molecule has 3 heterocycles. The number of rotatable bonds is 2. The fourth-order valence-corrected chi connectivity index (χ4v) is 3.63. The van der Waals surface area contributed by atoms with Gasteiger partial charge in [-0.1, -0.05) is 30.3 Å². The Morgan fingerprint density at radius 2 is 1.92 bits per heavy atom. The third-order valence-corrected chi connectivity index (χ3v) is 4.74. The van der Waals surface area contributed by atoms with E-state index in [1.807, 2.05) is 30.3 Å². The third kappa shape index (κ3) is 2.52. The van der Waals surface area contributed by atoms with Crippen LogP contribution in [0.2, 0.25) is 5.28 Å². The minimum absolute atomic E-state index is 0.0973. The Morgan fingerprint density at radius 3 is 2.62 bits per heavy atom. The first-order chi connectivity index (χ1) is 11.7. The van der Waals surface area contributed by atoms with Crippen LogP contribution in [0.1, 0.15) is 24.4 Å². The van der Waals surface area contributed by atoms with Gasteiger partial charge in [-0.15, -0.1) is 0 Å². The fourth-order valence-electron chi connectivity index (χ4n) is 3.49. The van der Waals surface area contributed by atoms with Gasteiger partial charge in [-0.05, 0) is 23.2 Å². The molecule has 0 aliphatic carbocycles. The molecular weight excluding hydrogens is 330 g/mol. The highest BCUT2D eigenvalue weighted by Gasteiger charge is 2.56. The van der Waals surface area contributed by atoms with Gasteiger partial charge in [0.25, 0.3) is 0 Å². The van der Waals surface area contributed by atoms with Crippen LogP contribution in [-0.4, -0.2) is 34.9 Å². The van der Waals surface area contributed by atoms with Crippen LogP contribution in [0.5, 0.6) is 0 Å². The van der Waals surface area contributed by atoms with E-state index in [1.165, 1.54) is 6.20 Å². The minimum Gasteiger partial charge on any atom is -0.440 e. The molecule has 1 aromatic carbocycles. The van der Waals surface area contributed by atoms with Gasteiger partial charge < -0.3 is 9.47 Å². The van der Waals surface area contributed by atoms with Crippen LogP contribution in [0.3, 0.4) is 0 Å². The molecule has 4 rings (SSSR count). The lowest BCUT2D eigenvalue weighted by Gasteiger charge is -2.37. The zero-order valence-corrected chi connectivity index (χ0v) is 13.6. The van der Waals surface area contributed by atoms with Crippen LogP contribution < -0.4 is 4.90 Å². The molecule has 124 valence electrons. The monoisotopic (exact) mass is 345 g/mol. The number of amides is 1. The lowest BCUT2D eigenvalue weighted by molar-refractivity contribution is -0.0590. The first kappa shape index (κ1) is 15.4. The van der Waals surface area contributed by atoms with E-state index in [9.17, 15) is 4.79 Å². The molecule has 0 unspecified atom stereocenters. The first-order valence-electron chi connectivity index (χ1n) is 7.83. The number of halogens is 1. The average molecular weight is 346 g/mol. The van der Waals surface area contributed by atoms with Crippen molar-refractivity contribution in [2.75, 3.05) is 18.1 Å². The molecule has 1 spiro atoms. The second kappa shape index (κ2) is 6.03. The highest BCUT2D eigenvalue weighted by Crippen LogP contribution is 2.48. The van der Waals surface area contributed by atoms with E-state index in [2.05, 4.69) is 9.97 Å². The van der Waals surface area contributed by atoms with Crippen molar-refractivity contribution in [3.63, 3.8) is 0 Å². The predicted octanol–water partition coefficient (Wildman–Crippen LogP) is 3.38. The lowest BCUT2D eigenvalue weighted by Crippen LogP contribution is -2.43. The molecule has 7 heteroatoms. The molecule has 2 aromatic rings. The van der Waals surface area contributed by atoms with Crippen molar-refractivity contribution >= 4 is 23.5 Å². The summed E-state index contributed by atoms with van der Waals surface area (Å²) in [6, 6.07) is 11.2. The molecule has 24 heavy (non-hydrogen) atoms. The third-order valence-electron chi connectivity index (χ3n) is 4.56. The number of carbonyl (C=O) groups is 1. The Hall–Kier alpha value is -2.18. The summed E-state index contributed by atoms with van der Waals surface area (Å²) >= 11 is 5.92. The first-order valence-corrected chi connectivity index (χ1v) is 8.21. The van der Waals surface area contributed by atoms with E-state index in [0.29, 0.717) is 31.9 Å². The van der Waals surface area contributed by atoms with E-state index < -0.39 is 11.7 Å². The highest BCUT2D eigenvalue weighted by atomic mass is 35.5. The van der Waals surface area contributed by atoms with Gasteiger partial charge in [0.05, 0.1) is 13.2 Å². The molecule has 0 bridgehead atoms. The summed E-state index contributed by atoms with van der Waals surface area (Å²) in [5.41, 5.74) is 0.383. The molecule has 2 aliphatic rings. The van der Waals surface area contributed by atoms with Gasteiger partial charge in [0, 0.05) is 19.0 Å². The van der Waals surface area contributed by atoms with Gasteiger partial charge >= 0.3 is 6.09 Å². The molecule has 1 atom stereocenters. The van der Waals surface area contributed by atoms with E-state index in [4.69, 9.17) is 21.1 Å². The highest BCUT2D eigenvalue weighted by molar-refractivity contribution is 6.28. The van der Waals surface area contributed by atoms with Crippen LogP contribution in [0.4, 0.5) is 10.6 Å². The Kier molecular flexibility index (Phi) is 3.86. The minimum atomic E-state index is -0.617. The van der Waals surface area contributed by atoms with Crippen LogP contribution in [0.15, 0.2) is 42.6 Å². The summed E-state index contributed by atoms with van der Waals surface area (Å²) in [4.78, 5) is 22.4. The standard InChI is InChI=1S/C17H16ClN3O3/c18-15-19-9-6-13(20-15)21-14(12-4-2-1-3-5-12)17(24-16(21)22)7-10-23-11-8-17/h1-6,9,14H,7-8,10-11H2/t14-/m0/s1. The molecule has 2 fully saturated rings.